The highest BCUT2D eigenvalue weighted by Gasteiger charge is 2.26. The maximum atomic E-state index is 12.9. The molecule has 0 radical (unpaired) electrons. The lowest BCUT2D eigenvalue weighted by atomic mass is 10.0. The van der Waals surface area contributed by atoms with Gasteiger partial charge in [-0.25, -0.2) is 8.42 Å². The molecule has 1 atom stereocenters. The molecule has 3 rings (SSSR count). The van der Waals surface area contributed by atoms with Crippen LogP contribution < -0.4 is 10.6 Å². The Labute approximate surface area is 188 Å². The maximum absolute atomic E-state index is 12.9. The normalized spacial score (nSPS) is 21.7. The molecule has 1 unspecified atom stereocenters. The van der Waals surface area contributed by atoms with Crippen LogP contribution in [0.3, 0.4) is 0 Å². The summed E-state index contributed by atoms with van der Waals surface area (Å²) >= 11 is 0. The topological polar surface area (TPSA) is 77.0 Å². The van der Waals surface area contributed by atoms with E-state index in [9.17, 15) is 8.42 Å². The Hall–Kier alpha value is -1.64. The molecule has 8 heteroatoms. The van der Waals surface area contributed by atoms with Crippen molar-refractivity contribution in [1.82, 2.24) is 19.8 Å². The van der Waals surface area contributed by atoms with Gasteiger partial charge in [0.15, 0.2) is 5.96 Å². The molecule has 2 N–H and O–H groups in total. The fraction of sp³-hybridized carbons (Fsp3) is 0.696. The minimum Gasteiger partial charge on any atom is -0.356 e. The summed E-state index contributed by atoms with van der Waals surface area (Å²) in [6.07, 6.45) is 8.05. The lowest BCUT2D eigenvalue weighted by Gasteiger charge is -2.33. The van der Waals surface area contributed by atoms with Gasteiger partial charge < -0.3 is 15.5 Å². The predicted molar refractivity (Wildman–Crippen MR) is 127 cm³/mol. The fourth-order valence-electron chi connectivity index (χ4n) is 4.46. The smallest absolute Gasteiger partial charge is 0.243 e. The van der Waals surface area contributed by atoms with E-state index < -0.39 is 10.0 Å². The molecule has 2 aliphatic heterocycles. The van der Waals surface area contributed by atoms with E-state index in [-0.39, 0.29) is 0 Å². The summed E-state index contributed by atoms with van der Waals surface area (Å²) in [7, 11) is -1.64. The minimum atomic E-state index is -3.41. The Morgan fingerprint density at radius 2 is 1.87 bits per heavy atom. The summed E-state index contributed by atoms with van der Waals surface area (Å²) in [6, 6.07) is 7.95. The van der Waals surface area contributed by atoms with Gasteiger partial charge in [-0.15, -0.1) is 0 Å². The molecule has 0 aliphatic carbocycles. The zero-order valence-corrected chi connectivity index (χ0v) is 20.0. The van der Waals surface area contributed by atoms with Crippen LogP contribution in [0.5, 0.6) is 0 Å². The molecular weight excluding hydrogens is 410 g/mol. The third kappa shape index (κ3) is 6.92. The van der Waals surface area contributed by atoms with Crippen LogP contribution in [-0.2, 0) is 16.6 Å². The Morgan fingerprint density at radius 3 is 2.61 bits per heavy atom. The Balaban J connectivity index is 1.46. The first-order valence-electron chi connectivity index (χ1n) is 11.8. The third-order valence-electron chi connectivity index (χ3n) is 6.39. The first kappa shape index (κ1) is 24.0. The molecule has 7 nitrogen and oxygen atoms in total. The number of likely N-dealkylation sites (tertiary alicyclic amines) is 1. The highest BCUT2D eigenvalue weighted by molar-refractivity contribution is 7.89. The van der Waals surface area contributed by atoms with Crippen LogP contribution in [0.4, 0.5) is 0 Å². The zero-order chi connectivity index (χ0) is 22.1. The third-order valence-corrected chi connectivity index (χ3v) is 8.28. The van der Waals surface area contributed by atoms with Gasteiger partial charge in [-0.2, -0.15) is 4.31 Å². The second-order valence-electron chi connectivity index (χ2n) is 8.70. The molecule has 0 aromatic heterocycles. The van der Waals surface area contributed by atoms with Gasteiger partial charge in [0.1, 0.15) is 0 Å². The second kappa shape index (κ2) is 11.8. The van der Waals surface area contributed by atoms with E-state index >= 15 is 0 Å². The Bertz CT molecular complexity index is 821. The zero-order valence-electron chi connectivity index (χ0n) is 19.1. The number of benzene rings is 1. The number of piperidine rings is 2. The first-order chi connectivity index (χ1) is 15.0. The lowest BCUT2D eigenvalue weighted by Crippen LogP contribution is -2.41. The molecule has 2 heterocycles. The van der Waals surface area contributed by atoms with Crippen LogP contribution in [0, 0.1) is 0 Å². The van der Waals surface area contributed by atoms with Crippen LogP contribution in [-0.4, -0.2) is 69.4 Å². The average molecular weight is 450 g/mol. The molecule has 2 saturated heterocycles. The van der Waals surface area contributed by atoms with Crippen molar-refractivity contribution >= 4 is 16.0 Å². The Kier molecular flexibility index (Phi) is 9.16. The van der Waals surface area contributed by atoms with Crippen molar-refractivity contribution < 1.29 is 8.42 Å². The summed E-state index contributed by atoms with van der Waals surface area (Å²) < 4.78 is 27.5. The summed E-state index contributed by atoms with van der Waals surface area (Å²) in [6.45, 7) is 7.30. The first-order valence-corrected chi connectivity index (χ1v) is 13.2. The number of nitrogens with zero attached hydrogens (tertiary/aromatic N) is 3. The van der Waals surface area contributed by atoms with E-state index in [2.05, 4.69) is 27.4 Å². The highest BCUT2D eigenvalue weighted by atomic mass is 32.2. The molecule has 2 aliphatic rings. The van der Waals surface area contributed by atoms with E-state index in [1.807, 2.05) is 12.1 Å². The van der Waals surface area contributed by atoms with Gasteiger partial charge in [0, 0.05) is 45.8 Å². The van der Waals surface area contributed by atoms with Crippen molar-refractivity contribution in [3.63, 3.8) is 0 Å². The standard InChI is InChI=1S/C23H39N5O2S/c1-20-10-4-7-14-27(20)15-9-13-25-23(24-2)26-19-21-11-8-12-22(18-21)31(29,30)28-16-5-3-6-17-28/h8,11-12,18,20H,3-7,9-10,13-17,19H2,1-2H3,(H2,24,25,26). The summed E-state index contributed by atoms with van der Waals surface area (Å²) in [5.74, 6) is 0.746. The van der Waals surface area contributed by atoms with E-state index in [0.29, 0.717) is 30.6 Å². The van der Waals surface area contributed by atoms with E-state index in [1.54, 1.807) is 23.5 Å². The van der Waals surface area contributed by atoms with Crippen molar-refractivity contribution in [1.29, 1.82) is 0 Å². The molecule has 31 heavy (non-hydrogen) atoms. The summed E-state index contributed by atoms with van der Waals surface area (Å²) in [4.78, 5) is 7.26. The lowest BCUT2D eigenvalue weighted by molar-refractivity contribution is 0.159. The number of guanidine groups is 1. The number of sulfonamides is 1. The summed E-state index contributed by atoms with van der Waals surface area (Å²) in [5, 5.41) is 6.68. The quantitative estimate of drug-likeness (QED) is 0.363. The van der Waals surface area contributed by atoms with Crippen LogP contribution in [0.1, 0.15) is 57.4 Å². The average Bonchev–Trinajstić information content (AvgIpc) is 2.80. The van der Waals surface area contributed by atoms with E-state index in [1.165, 1.54) is 25.8 Å². The summed E-state index contributed by atoms with van der Waals surface area (Å²) in [5.41, 5.74) is 0.933. The van der Waals surface area contributed by atoms with Crippen LogP contribution in [0.15, 0.2) is 34.2 Å². The number of rotatable bonds is 8. The van der Waals surface area contributed by atoms with Gasteiger partial charge in [-0.05, 0) is 63.3 Å². The Morgan fingerprint density at radius 1 is 1.10 bits per heavy atom. The van der Waals surface area contributed by atoms with Crippen molar-refractivity contribution in [2.75, 3.05) is 39.8 Å². The molecule has 1 aromatic carbocycles. The van der Waals surface area contributed by atoms with E-state index in [0.717, 1.165) is 50.3 Å². The monoisotopic (exact) mass is 449 g/mol. The number of hydrogen-bond donors (Lipinski definition) is 2. The molecule has 0 amide bonds. The minimum absolute atomic E-state index is 0.382. The second-order valence-corrected chi connectivity index (χ2v) is 10.6. The van der Waals surface area contributed by atoms with Crippen molar-refractivity contribution in [3.8, 4) is 0 Å². The molecule has 1 aromatic rings. The van der Waals surface area contributed by atoms with Gasteiger partial charge in [0.25, 0.3) is 0 Å². The molecule has 0 bridgehead atoms. The largest absolute Gasteiger partial charge is 0.356 e. The molecule has 0 spiro atoms. The number of hydrogen-bond acceptors (Lipinski definition) is 4. The molecule has 2 fully saturated rings. The molecular formula is C23H39N5O2S. The van der Waals surface area contributed by atoms with E-state index in [4.69, 9.17) is 0 Å². The highest BCUT2D eigenvalue weighted by Crippen LogP contribution is 2.21. The maximum Gasteiger partial charge on any atom is 0.243 e. The van der Waals surface area contributed by atoms with Gasteiger partial charge in [-0.1, -0.05) is 25.0 Å². The van der Waals surface area contributed by atoms with Crippen molar-refractivity contribution in [2.45, 2.75) is 69.4 Å². The fourth-order valence-corrected chi connectivity index (χ4v) is 6.04. The number of nitrogens with one attached hydrogen (secondary N) is 2. The van der Waals surface area contributed by atoms with Crippen LogP contribution in [0.2, 0.25) is 0 Å². The van der Waals surface area contributed by atoms with Crippen LogP contribution >= 0.6 is 0 Å². The van der Waals surface area contributed by atoms with Gasteiger partial charge in [-0.3, -0.25) is 4.99 Å². The van der Waals surface area contributed by atoms with Crippen molar-refractivity contribution in [3.05, 3.63) is 29.8 Å². The molecule has 174 valence electrons. The van der Waals surface area contributed by atoms with Gasteiger partial charge >= 0.3 is 0 Å². The van der Waals surface area contributed by atoms with Gasteiger partial charge in [0.2, 0.25) is 10.0 Å². The van der Waals surface area contributed by atoms with Crippen molar-refractivity contribution in [2.24, 2.45) is 4.99 Å². The van der Waals surface area contributed by atoms with Gasteiger partial charge in [0.05, 0.1) is 4.90 Å². The number of aliphatic imine (C=N–C) groups is 1. The van der Waals surface area contributed by atoms with Crippen LogP contribution in [0.25, 0.3) is 0 Å². The SMILES string of the molecule is CN=C(NCCCN1CCCCC1C)NCc1cccc(S(=O)(=O)N2CCCCC2)c1. The molecule has 0 saturated carbocycles. The predicted octanol–water partition coefficient (Wildman–Crippen LogP) is 2.79.